The van der Waals surface area contributed by atoms with E-state index >= 15 is 0 Å². The van der Waals surface area contributed by atoms with Crippen molar-refractivity contribution in [3.8, 4) is 0 Å². The molecule has 5 nitrogen and oxygen atoms in total. The predicted molar refractivity (Wildman–Crippen MR) is 83.6 cm³/mol. The van der Waals surface area contributed by atoms with Crippen LogP contribution in [0.1, 0.15) is 10.4 Å². The van der Waals surface area contributed by atoms with Crippen molar-refractivity contribution in [1.29, 1.82) is 0 Å². The fraction of sp³-hybridized carbons (Fsp3) is 0.250. The Hall–Kier alpha value is -2.34. The van der Waals surface area contributed by atoms with Crippen molar-refractivity contribution in [3.05, 3.63) is 58.3 Å². The van der Waals surface area contributed by atoms with Gasteiger partial charge in [0.1, 0.15) is 12.6 Å². The second-order valence-electron chi connectivity index (χ2n) is 4.57. The summed E-state index contributed by atoms with van der Waals surface area (Å²) in [7, 11) is 1.29. The number of alkyl carbamates (subject to hydrolysis) is 1. The molecular formula is C16H17NO4S. The first kappa shape index (κ1) is 16.0. The molecule has 0 fully saturated rings. The molecule has 0 saturated carbocycles. The highest BCUT2D eigenvalue weighted by molar-refractivity contribution is 7.09. The zero-order chi connectivity index (χ0) is 15.8. The molecule has 2 aromatic rings. The smallest absolute Gasteiger partial charge is 0.408 e. The van der Waals surface area contributed by atoms with Crippen LogP contribution in [-0.2, 0) is 27.3 Å². The first-order valence-electron chi connectivity index (χ1n) is 6.76. The van der Waals surface area contributed by atoms with E-state index in [2.05, 4.69) is 5.32 Å². The zero-order valence-electron chi connectivity index (χ0n) is 12.2. The molecule has 116 valence electrons. The van der Waals surface area contributed by atoms with E-state index in [9.17, 15) is 9.59 Å². The minimum Gasteiger partial charge on any atom is -0.467 e. The van der Waals surface area contributed by atoms with Gasteiger partial charge in [-0.15, -0.1) is 11.3 Å². The molecule has 1 N–H and O–H groups in total. The van der Waals surface area contributed by atoms with Crippen molar-refractivity contribution in [2.75, 3.05) is 7.11 Å². The van der Waals surface area contributed by atoms with Crippen LogP contribution in [0.2, 0.25) is 0 Å². The Morgan fingerprint density at radius 2 is 1.95 bits per heavy atom. The van der Waals surface area contributed by atoms with Crippen LogP contribution in [-0.4, -0.2) is 25.2 Å². The summed E-state index contributed by atoms with van der Waals surface area (Å²) in [6.45, 7) is 0.152. The maximum Gasteiger partial charge on any atom is 0.408 e. The Labute approximate surface area is 132 Å². The lowest BCUT2D eigenvalue weighted by molar-refractivity contribution is -0.142. The third kappa shape index (κ3) is 4.89. The molecule has 22 heavy (non-hydrogen) atoms. The number of esters is 1. The molecule has 0 aliphatic heterocycles. The summed E-state index contributed by atoms with van der Waals surface area (Å²) in [6.07, 6.45) is -0.263. The van der Waals surface area contributed by atoms with Gasteiger partial charge in [0.2, 0.25) is 0 Å². The zero-order valence-corrected chi connectivity index (χ0v) is 13.0. The van der Waals surface area contributed by atoms with Gasteiger partial charge < -0.3 is 14.8 Å². The summed E-state index contributed by atoms with van der Waals surface area (Å²) in [5.74, 6) is -0.495. The van der Waals surface area contributed by atoms with Gasteiger partial charge in [-0.3, -0.25) is 0 Å². The minimum atomic E-state index is -0.757. The number of ether oxygens (including phenoxy) is 2. The Morgan fingerprint density at radius 3 is 2.59 bits per heavy atom. The summed E-state index contributed by atoms with van der Waals surface area (Å²) in [5, 5.41) is 4.46. The number of amides is 1. The largest absolute Gasteiger partial charge is 0.467 e. The second-order valence-corrected chi connectivity index (χ2v) is 5.60. The highest BCUT2D eigenvalue weighted by Gasteiger charge is 2.23. The molecule has 6 heteroatoms. The molecule has 1 atom stereocenters. The van der Waals surface area contributed by atoms with Gasteiger partial charge in [-0.05, 0) is 17.0 Å². The number of benzene rings is 1. The predicted octanol–water partition coefficient (Wildman–Crippen LogP) is 2.76. The van der Waals surface area contributed by atoms with Crippen molar-refractivity contribution in [2.45, 2.75) is 19.1 Å². The van der Waals surface area contributed by atoms with Gasteiger partial charge in [0.25, 0.3) is 0 Å². The van der Waals surface area contributed by atoms with Crippen molar-refractivity contribution in [2.24, 2.45) is 0 Å². The molecule has 0 radical (unpaired) electrons. The molecule has 1 aromatic carbocycles. The lowest BCUT2D eigenvalue weighted by atomic mass is 10.2. The summed E-state index contributed by atoms with van der Waals surface area (Å²) < 4.78 is 9.84. The minimum absolute atomic E-state index is 0.152. The molecule has 0 aliphatic rings. The van der Waals surface area contributed by atoms with Gasteiger partial charge in [-0.25, -0.2) is 9.59 Å². The van der Waals surface area contributed by atoms with Crippen LogP contribution in [0.25, 0.3) is 0 Å². The maximum atomic E-state index is 11.8. The highest BCUT2D eigenvalue weighted by atomic mass is 32.1. The standard InChI is InChI=1S/C16H17NO4S/c1-20-15(18)14(10-13-8-5-9-22-13)17-16(19)21-11-12-6-3-2-4-7-12/h2-9,14H,10-11H2,1H3,(H,17,19)/t14-/m0/s1. The molecule has 1 amide bonds. The molecule has 0 aliphatic carbocycles. The van der Waals surface area contributed by atoms with E-state index in [4.69, 9.17) is 9.47 Å². The summed E-state index contributed by atoms with van der Waals surface area (Å²) in [4.78, 5) is 24.6. The average molecular weight is 319 g/mol. The number of nitrogens with one attached hydrogen (secondary N) is 1. The van der Waals surface area contributed by atoms with Crippen LogP contribution in [0.5, 0.6) is 0 Å². The van der Waals surface area contributed by atoms with E-state index in [1.54, 1.807) is 0 Å². The number of rotatable bonds is 6. The van der Waals surface area contributed by atoms with Gasteiger partial charge in [-0.1, -0.05) is 36.4 Å². The fourth-order valence-electron chi connectivity index (χ4n) is 1.87. The Morgan fingerprint density at radius 1 is 1.18 bits per heavy atom. The molecule has 0 unspecified atom stereocenters. The van der Waals surface area contributed by atoms with E-state index in [1.165, 1.54) is 18.4 Å². The molecular weight excluding hydrogens is 302 g/mol. The molecule has 0 saturated heterocycles. The van der Waals surface area contributed by atoms with E-state index < -0.39 is 18.1 Å². The topological polar surface area (TPSA) is 64.6 Å². The van der Waals surface area contributed by atoms with Crippen molar-refractivity contribution >= 4 is 23.4 Å². The maximum absolute atomic E-state index is 11.8. The highest BCUT2D eigenvalue weighted by Crippen LogP contribution is 2.12. The van der Waals surface area contributed by atoms with Crippen molar-refractivity contribution in [3.63, 3.8) is 0 Å². The van der Waals surface area contributed by atoms with Crippen LogP contribution in [0.15, 0.2) is 47.8 Å². The van der Waals surface area contributed by atoms with Crippen molar-refractivity contribution < 1.29 is 19.1 Å². The summed E-state index contributed by atoms with van der Waals surface area (Å²) in [6, 6.07) is 12.4. The first-order valence-corrected chi connectivity index (χ1v) is 7.64. The lowest BCUT2D eigenvalue weighted by Gasteiger charge is -2.15. The number of thiophene rings is 1. The molecule has 1 heterocycles. The Kier molecular flexibility index (Phi) is 5.97. The van der Waals surface area contributed by atoms with Gasteiger partial charge in [0, 0.05) is 11.3 Å². The lowest BCUT2D eigenvalue weighted by Crippen LogP contribution is -2.43. The van der Waals surface area contributed by atoms with Crippen LogP contribution < -0.4 is 5.32 Å². The fourth-order valence-corrected chi connectivity index (χ4v) is 2.62. The third-order valence-electron chi connectivity index (χ3n) is 2.98. The quantitative estimate of drug-likeness (QED) is 0.832. The number of methoxy groups -OCH3 is 1. The number of hydrogen-bond acceptors (Lipinski definition) is 5. The van der Waals surface area contributed by atoms with E-state index in [-0.39, 0.29) is 6.61 Å². The second kappa shape index (κ2) is 8.19. The number of carbonyl (C=O) groups excluding carboxylic acids is 2. The van der Waals surface area contributed by atoms with Crippen LogP contribution in [0.3, 0.4) is 0 Å². The van der Waals surface area contributed by atoms with Crippen LogP contribution in [0, 0.1) is 0 Å². The monoisotopic (exact) mass is 319 g/mol. The SMILES string of the molecule is COC(=O)[C@H](Cc1cccs1)NC(=O)OCc1ccccc1. The van der Waals surface area contributed by atoms with E-state index in [1.807, 2.05) is 47.8 Å². The third-order valence-corrected chi connectivity index (χ3v) is 3.87. The Bertz CT molecular complexity index is 598. The van der Waals surface area contributed by atoms with Crippen LogP contribution >= 0.6 is 11.3 Å². The Balaban J connectivity index is 1.88. The summed E-state index contributed by atoms with van der Waals surface area (Å²) in [5.41, 5.74) is 0.880. The summed E-state index contributed by atoms with van der Waals surface area (Å²) >= 11 is 1.52. The molecule has 0 spiro atoms. The van der Waals surface area contributed by atoms with Crippen LogP contribution in [0.4, 0.5) is 4.79 Å². The number of carbonyl (C=O) groups is 2. The normalized spacial score (nSPS) is 11.5. The molecule has 2 rings (SSSR count). The van der Waals surface area contributed by atoms with Gasteiger partial charge in [0.05, 0.1) is 7.11 Å². The average Bonchev–Trinajstić information content (AvgIpc) is 3.05. The number of hydrogen-bond donors (Lipinski definition) is 1. The van der Waals surface area contributed by atoms with Gasteiger partial charge in [0.15, 0.2) is 0 Å². The van der Waals surface area contributed by atoms with Crippen molar-refractivity contribution in [1.82, 2.24) is 5.32 Å². The van der Waals surface area contributed by atoms with Gasteiger partial charge >= 0.3 is 12.1 Å². The molecule has 1 aromatic heterocycles. The molecule has 0 bridgehead atoms. The van der Waals surface area contributed by atoms with Gasteiger partial charge in [-0.2, -0.15) is 0 Å². The van der Waals surface area contributed by atoms with E-state index in [0.717, 1.165) is 10.4 Å². The van der Waals surface area contributed by atoms with E-state index in [0.29, 0.717) is 6.42 Å². The first-order chi connectivity index (χ1) is 10.7.